The van der Waals surface area contributed by atoms with Crippen molar-refractivity contribution in [3.63, 3.8) is 0 Å². The third-order valence-electron chi connectivity index (χ3n) is 4.06. The van der Waals surface area contributed by atoms with Gasteiger partial charge in [0.2, 0.25) is 10.0 Å². The zero-order valence-electron chi connectivity index (χ0n) is 14.7. The number of fused-ring (bicyclic) bond motifs is 1. The summed E-state index contributed by atoms with van der Waals surface area (Å²) in [7, 11) is -3.51. The lowest BCUT2D eigenvalue weighted by Gasteiger charge is -2.18. The van der Waals surface area contributed by atoms with Crippen LogP contribution in [0.1, 0.15) is 19.4 Å². The topological polar surface area (TPSA) is 80.5 Å². The molecule has 0 fully saturated rings. The Morgan fingerprint density at radius 2 is 1.81 bits per heavy atom. The van der Waals surface area contributed by atoms with E-state index in [9.17, 15) is 8.42 Å². The van der Waals surface area contributed by atoms with E-state index in [0.29, 0.717) is 23.9 Å². The maximum absolute atomic E-state index is 12.7. The molecule has 0 N–H and O–H groups in total. The summed E-state index contributed by atoms with van der Waals surface area (Å²) in [6, 6.07) is 7.24. The van der Waals surface area contributed by atoms with Crippen molar-refractivity contribution < 1.29 is 8.42 Å². The fourth-order valence-electron chi connectivity index (χ4n) is 2.62. The van der Waals surface area contributed by atoms with E-state index in [1.54, 1.807) is 46.9 Å². The fraction of sp³-hybridized carbons (Fsp3) is 0.353. The zero-order valence-corrected chi connectivity index (χ0v) is 16.4. The average molecular weight is 392 g/mol. The highest BCUT2D eigenvalue weighted by atomic mass is 32.2. The molecule has 0 aromatic carbocycles. The average Bonchev–Trinajstić information content (AvgIpc) is 3.06. The van der Waals surface area contributed by atoms with Gasteiger partial charge in [0.15, 0.2) is 10.8 Å². The third-order valence-corrected chi connectivity index (χ3v) is 7.04. The lowest BCUT2D eigenvalue weighted by Crippen LogP contribution is -2.30. The highest BCUT2D eigenvalue weighted by Gasteiger charge is 2.22. The van der Waals surface area contributed by atoms with Gasteiger partial charge in [0.25, 0.3) is 0 Å². The highest BCUT2D eigenvalue weighted by Crippen LogP contribution is 2.22. The van der Waals surface area contributed by atoms with E-state index in [1.165, 1.54) is 9.87 Å². The van der Waals surface area contributed by atoms with Crippen molar-refractivity contribution in [1.29, 1.82) is 0 Å². The molecule has 7 nitrogen and oxygen atoms in total. The largest absolute Gasteiger partial charge is 0.276 e. The number of hydrogen-bond donors (Lipinski definition) is 0. The van der Waals surface area contributed by atoms with E-state index in [0.717, 1.165) is 12.2 Å². The molecule has 26 heavy (non-hydrogen) atoms. The smallest absolute Gasteiger partial charge is 0.244 e. The number of nitrogens with zero attached hydrogens (tertiary/aromatic N) is 5. The van der Waals surface area contributed by atoms with E-state index < -0.39 is 10.0 Å². The lowest BCUT2D eigenvalue weighted by atomic mass is 10.2. The first-order valence-electron chi connectivity index (χ1n) is 8.43. The number of thioether (sulfide) groups is 1. The zero-order chi connectivity index (χ0) is 18.6. The first kappa shape index (κ1) is 18.8. The molecular weight excluding hydrogens is 370 g/mol. The Kier molecular flexibility index (Phi) is 5.90. The van der Waals surface area contributed by atoms with Crippen LogP contribution in [-0.2, 0) is 16.4 Å². The van der Waals surface area contributed by atoms with Crippen molar-refractivity contribution in [1.82, 2.24) is 23.9 Å². The Morgan fingerprint density at radius 1 is 1.08 bits per heavy atom. The van der Waals surface area contributed by atoms with E-state index in [4.69, 9.17) is 0 Å². The molecule has 0 atom stereocenters. The Bertz CT molecular complexity index is 969. The van der Waals surface area contributed by atoms with Crippen LogP contribution in [0.5, 0.6) is 0 Å². The molecule has 0 aliphatic rings. The van der Waals surface area contributed by atoms with Crippen LogP contribution in [0.2, 0.25) is 0 Å². The van der Waals surface area contributed by atoms with Crippen molar-refractivity contribution in [2.45, 2.75) is 30.3 Å². The van der Waals surface area contributed by atoms with Crippen molar-refractivity contribution in [2.75, 3.05) is 18.8 Å². The number of aromatic nitrogens is 4. The molecule has 0 radical (unpaired) electrons. The first-order chi connectivity index (χ1) is 12.6. The molecule has 0 saturated heterocycles. The molecule has 9 heteroatoms. The summed E-state index contributed by atoms with van der Waals surface area (Å²) in [5.74, 6) is 0.817. The van der Waals surface area contributed by atoms with Crippen LogP contribution in [0.4, 0.5) is 0 Å². The van der Waals surface area contributed by atoms with Gasteiger partial charge < -0.3 is 0 Å². The summed E-state index contributed by atoms with van der Waals surface area (Å²) in [5, 5.41) is 9.00. The van der Waals surface area contributed by atoms with Crippen LogP contribution in [0.15, 0.2) is 52.9 Å². The molecule has 0 bridgehead atoms. The summed E-state index contributed by atoms with van der Waals surface area (Å²) < 4.78 is 28.6. The van der Waals surface area contributed by atoms with Crippen LogP contribution in [-0.4, -0.2) is 51.1 Å². The van der Waals surface area contributed by atoms with Gasteiger partial charge in [-0.15, -0.1) is 10.2 Å². The highest BCUT2D eigenvalue weighted by molar-refractivity contribution is 7.99. The fourth-order valence-corrected chi connectivity index (χ4v) is 4.98. The predicted molar refractivity (Wildman–Crippen MR) is 102 cm³/mol. The molecular formula is C17H21N5O2S2. The Balaban J connectivity index is 1.82. The Labute approximate surface area is 157 Å². The van der Waals surface area contributed by atoms with Gasteiger partial charge >= 0.3 is 0 Å². The van der Waals surface area contributed by atoms with Gasteiger partial charge in [0.1, 0.15) is 0 Å². The van der Waals surface area contributed by atoms with Crippen molar-refractivity contribution in [2.24, 2.45) is 0 Å². The van der Waals surface area contributed by atoms with Gasteiger partial charge in [-0.3, -0.25) is 9.38 Å². The van der Waals surface area contributed by atoms with E-state index >= 15 is 0 Å². The quantitative estimate of drug-likeness (QED) is 0.549. The standard InChI is InChI=1S/C17H21N5O2S2/c1-3-21(4-2)26(23,24)15-5-6-16-19-20-17(22(16)13-15)25-12-9-14-7-10-18-11-8-14/h5-8,10-11,13H,3-4,9,12H2,1-2H3. The maximum Gasteiger partial charge on any atom is 0.244 e. The molecule has 0 aliphatic carbocycles. The van der Waals surface area contributed by atoms with Crippen molar-refractivity contribution >= 4 is 27.4 Å². The summed E-state index contributed by atoms with van der Waals surface area (Å²) in [6.07, 6.45) is 6.03. The van der Waals surface area contributed by atoms with Crippen molar-refractivity contribution in [3.8, 4) is 0 Å². The molecule has 138 valence electrons. The monoisotopic (exact) mass is 391 g/mol. The summed E-state index contributed by atoms with van der Waals surface area (Å²) in [4.78, 5) is 4.27. The number of pyridine rings is 2. The molecule has 0 amide bonds. The first-order valence-corrected chi connectivity index (χ1v) is 10.9. The van der Waals surface area contributed by atoms with E-state index in [-0.39, 0.29) is 4.90 Å². The predicted octanol–water partition coefficient (Wildman–Crippen LogP) is 2.49. The molecule has 0 saturated carbocycles. The van der Waals surface area contributed by atoms with Gasteiger partial charge in [-0.2, -0.15) is 4.31 Å². The minimum absolute atomic E-state index is 0.254. The van der Waals surface area contributed by atoms with Gasteiger partial charge in [0.05, 0.1) is 4.90 Å². The second-order valence-corrected chi connectivity index (χ2v) is 8.62. The normalized spacial score (nSPS) is 12.1. The molecule has 0 aliphatic heterocycles. The second-order valence-electron chi connectivity index (χ2n) is 5.62. The minimum atomic E-state index is -3.51. The minimum Gasteiger partial charge on any atom is -0.276 e. The van der Waals surface area contributed by atoms with Crippen LogP contribution < -0.4 is 0 Å². The number of sulfonamides is 1. The van der Waals surface area contributed by atoms with Gasteiger partial charge in [-0.05, 0) is 36.2 Å². The number of aryl methyl sites for hydroxylation is 1. The van der Waals surface area contributed by atoms with Gasteiger partial charge in [-0.1, -0.05) is 25.6 Å². The molecule has 3 aromatic heterocycles. The second kappa shape index (κ2) is 8.15. The molecule has 3 aromatic rings. The van der Waals surface area contributed by atoms with Gasteiger partial charge in [-0.25, -0.2) is 8.42 Å². The van der Waals surface area contributed by atoms with Crippen molar-refractivity contribution in [3.05, 3.63) is 48.4 Å². The SMILES string of the molecule is CCN(CC)S(=O)(=O)c1ccc2nnc(SCCc3ccncc3)n2c1. The van der Waals surface area contributed by atoms with E-state index in [1.807, 2.05) is 26.0 Å². The van der Waals surface area contributed by atoms with Crippen LogP contribution in [0.3, 0.4) is 0 Å². The molecule has 3 heterocycles. The summed E-state index contributed by atoms with van der Waals surface area (Å²) in [5.41, 5.74) is 1.83. The number of hydrogen-bond acceptors (Lipinski definition) is 6. The third kappa shape index (κ3) is 3.89. The summed E-state index contributed by atoms with van der Waals surface area (Å²) >= 11 is 1.55. The van der Waals surface area contributed by atoms with Crippen LogP contribution in [0.25, 0.3) is 5.65 Å². The molecule has 3 rings (SSSR count). The maximum atomic E-state index is 12.7. The van der Waals surface area contributed by atoms with Crippen LogP contribution in [0, 0.1) is 0 Å². The van der Waals surface area contributed by atoms with Gasteiger partial charge in [0, 0.05) is 37.4 Å². The molecule has 0 unspecified atom stereocenters. The Hall–Kier alpha value is -1.97. The lowest BCUT2D eigenvalue weighted by molar-refractivity contribution is 0.445. The molecule has 0 spiro atoms. The van der Waals surface area contributed by atoms with Crippen LogP contribution >= 0.6 is 11.8 Å². The Morgan fingerprint density at radius 3 is 2.50 bits per heavy atom. The number of rotatable bonds is 8. The summed E-state index contributed by atoms with van der Waals surface area (Å²) in [6.45, 7) is 4.54. The van der Waals surface area contributed by atoms with E-state index in [2.05, 4.69) is 15.2 Å².